The number of Topliss-reactive ketones (excluding diaryl/α,β-unsaturated/α-hetero) is 1. The standard InChI is InChI=1S/C14H19BrN2O/c15-14-4-2-1-3-11(14)9-13(18)10-17-7-5-12(16)6-8-17/h1-4,12H,5-10,16H2. The second-order valence-electron chi connectivity index (χ2n) is 4.92. The van der Waals surface area contributed by atoms with Crippen LogP contribution in [0.1, 0.15) is 18.4 Å². The number of nitrogens with two attached hydrogens (primary N) is 1. The maximum atomic E-state index is 12.0. The minimum absolute atomic E-state index is 0.275. The average molecular weight is 311 g/mol. The number of benzene rings is 1. The first-order chi connectivity index (χ1) is 8.65. The number of carbonyl (C=O) groups is 1. The van der Waals surface area contributed by atoms with Gasteiger partial charge in [-0.15, -0.1) is 0 Å². The Hall–Kier alpha value is -0.710. The third kappa shape index (κ3) is 3.90. The molecule has 2 N–H and O–H groups in total. The van der Waals surface area contributed by atoms with Gasteiger partial charge in [-0.3, -0.25) is 9.69 Å². The zero-order valence-corrected chi connectivity index (χ0v) is 12.0. The molecule has 0 saturated carbocycles. The summed E-state index contributed by atoms with van der Waals surface area (Å²) in [6, 6.07) is 8.22. The minimum Gasteiger partial charge on any atom is -0.328 e. The fourth-order valence-corrected chi connectivity index (χ4v) is 2.70. The molecule has 0 amide bonds. The molecule has 0 spiro atoms. The van der Waals surface area contributed by atoms with Crippen LogP contribution in [0, 0.1) is 0 Å². The van der Waals surface area contributed by atoms with E-state index in [9.17, 15) is 4.79 Å². The summed E-state index contributed by atoms with van der Waals surface area (Å²) in [7, 11) is 0. The molecule has 1 aromatic rings. The van der Waals surface area contributed by atoms with Crippen molar-refractivity contribution in [3.8, 4) is 0 Å². The van der Waals surface area contributed by atoms with Gasteiger partial charge in [-0.1, -0.05) is 34.1 Å². The van der Waals surface area contributed by atoms with Gasteiger partial charge in [0.05, 0.1) is 6.54 Å². The summed E-state index contributed by atoms with van der Waals surface area (Å²) in [6.07, 6.45) is 2.51. The molecule has 0 aliphatic carbocycles. The first-order valence-corrected chi connectivity index (χ1v) is 7.17. The molecule has 1 aliphatic heterocycles. The van der Waals surface area contributed by atoms with Crippen LogP contribution in [-0.4, -0.2) is 36.4 Å². The predicted octanol–water partition coefficient (Wildman–Crippen LogP) is 1.98. The zero-order valence-electron chi connectivity index (χ0n) is 10.4. The molecule has 1 aromatic carbocycles. The normalized spacial score (nSPS) is 17.9. The Balaban J connectivity index is 1.84. The molecule has 1 heterocycles. The number of likely N-dealkylation sites (tertiary alicyclic amines) is 1. The van der Waals surface area contributed by atoms with E-state index in [0.717, 1.165) is 36.0 Å². The Kier molecular flexibility index (Phi) is 4.92. The van der Waals surface area contributed by atoms with Crippen LogP contribution >= 0.6 is 15.9 Å². The van der Waals surface area contributed by atoms with Crippen molar-refractivity contribution in [2.75, 3.05) is 19.6 Å². The van der Waals surface area contributed by atoms with E-state index in [4.69, 9.17) is 5.73 Å². The number of ketones is 1. The summed E-state index contributed by atoms with van der Waals surface area (Å²) < 4.78 is 1.01. The highest BCUT2D eigenvalue weighted by molar-refractivity contribution is 9.10. The number of hydrogen-bond acceptors (Lipinski definition) is 3. The second kappa shape index (κ2) is 6.45. The fourth-order valence-electron chi connectivity index (χ4n) is 2.27. The highest BCUT2D eigenvalue weighted by Gasteiger charge is 2.18. The van der Waals surface area contributed by atoms with Crippen LogP contribution in [0.3, 0.4) is 0 Å². The van der Waals surface area contributed by atoms with E-state index in [0.29, 0.717) is 19.0 Å². The van der Waals surface area contributed by atoms with Crippen molar-refractivity contribution >= 4 is 21.7 Å². The van der Waals surface area contributed by atoms with Crippen LogP contribution in [0.15, 0.2) is 28.7 Å². The van der Waals surface area contributed by atoms with Crippen LogP contribution in [0.2, 0.25) is 0 Å². The number of carbonyl (C=O) groups excluding carboxylic acids is 1. The van der Waals surface area contributed by atoms with Crippen LogP contribution < -0.4 is 5.73 Å². The van der Waals surface area contributed by atoms with E-state index in [1.54, 1.807) is 0 Å². The van der Waals surface area contributed by atoms with Gasteiger partial charge in [-0.25, -0.2) is 0 Å². The molecule has 1 saturated heterocycles. The first-order valence-electron chi connectivity index (χ1n) is 6.38. The van der Waals surface area contributed by atoms with E-state index in [-0.39, 0.29) is 5.78 Å². The largest absolute Gasteiger partial charge is 0.328 e. The summed E-state index contributed by atoms with van der Waals surface area (Å²) in [5.74, 6) is 0.275. The summed E-state index contributed by atoms with van der Waals surface area (Å²) in [4.78, 5) is 14.2. The van der Waals surface area contributed by atoms with Crippen LogP contribution in [0.4, 0.5) is 0 Å². The lowest BCUT2D eigenvalue weighted by molar-refractivity contribution is -0.119. The van der Waals surface area contributed by atoms with E-state index in [2.05, 4.69) is 20.8 Å². The topological polar surface area (TPSA) is 46.3 Å². The lowest BCUT2D eigenvalue weighted by atomic mass is 10.0. The summed E-state index contributed by atoms with van der Waals surface area (Å²) in [5, 5.41) is 0. The van der Waals surface area contributed by atoms with Crippen molar-refractivity contribution in [3.63, 3.8) is 0 Å². The second-order valence-corrected chi connectivity index (χ2v) is 5.77. The van der Waals surface area contributed by atoms with Crippen molar-refractivity contribution < 1.29 is 4.79 Å². The van der Waals surface area contributed by atoms with Gasteiger partial charge in [-0.2, -0.15) is 0 Å². The Morgan fingerprint density at radius 3 is 2.67 bits per heavy atom. The molecule has 1 fully saturated rings. The van der Waals surface area contributed by atoms with Gasteiger partial charge in [0.2, 0.25) is 0 Å². The quantitative estimate of drug-likeness (QED) is 0.925. The molecule has 0 bridgehead atoms. The Bertz CT molecular complexity index is 414. The summed E-state index contributed by atoms with van der Waals surface area (Å²) in [6.45, 7) is 2.44. The van der Waals surface area contributed by atoms with Crippen LogP contribution in [0.5, 0.6) is 0 Å². The van der Waals surface area contributed by atoms with Crippen molar-refractivity contribution in [2.45, 2.75) is 25.3 Å². The monoisotopic (exact) mass is 310 g/mol. The third-order valence-electron chi connectivity index (χ3n) is 3.38. The smallest absolute Gasteiger partial charge is 0.151 e. The van der Waals surface area contributed by atoms with Gasteiger partial charge < -0.3 is 5.73 Å². The Labute approximate surface area is 116 Å². The maximum absolute atomic E-state index is 12.0. The molecule has 3 nitrogen and oxygen atoms in total. The predicted molar refractivity (Wildman–Crippen MR) is 76.5 cm³/mol. The van der Waals surface area contributed by atoms with Crippen molar-refractivity contribution in [1.29, 1.82) is 0 Å². The summed E-state index contributed by atoms with van der Waals surface area (Å²) in [5.41, 5.74) is 6.92. The molecular formula is C14H19BrN2O. The summed E-state index contributed by atoms with van der Waals surface area (Å²) >= 11 is 3.48. The molecule has 0 unspecified atom stereocenters. The van der Waals surface area contributed by atoms with E-state index < -0.39 is 0 Å². The molecular weight excluding hydrogens is 292 g/mol. The molecule has 0 atom stereocenters. The molecule has 0 aromatic heterocycles. The highest BCUT2D eigenvalue weighted by Crippen LogP contribution is 2.17. The van der Waals surface area contributed by atoms with Gasteiger partial charge >= 0.3 is 0 Å². The van der Waals surface area contributed by atoms with E-state index in [1.165, 1.54) is 0 Å². The van der Waals surface area contributed by atoms with E-state index >= 15 is 0 Å². The van der Waals surface area contributed by atoms with Crippen molar-refractivity contribution in [1.82, 2.24) is 4.90 Å². The lowest BCUT2D eigenvalue weighted by Crippen LogP contribution is -2.42. The number of hydrogen-bond donors (Lipinski definition) is 1. The highest BCUT2D eigenvalue weighted by atomic mass is 79.9. The van der Waals surface area contributed by atoms with E-state index in [1.807, 2.05) is 24.3 Å². The molecule has 98 valence electrons. The van der Waals surface area contributed by atoms with Crippen LogP contribution in [-0.2, 0) is 11.2 Å². The molecule has 18 heavy (non-hydrogen) atoms. The number of nitrogens with zero attached hydrogens (tertiary/aromatic N) is 1. The molecule has 2 rings (SSSR count). The van der Waals surface area contributed by atoms with Gasteiger partial charge in [0, 0.05) is 30.0 Å². The van der Waals surface area contributed by atoms with Gasteiger partial charge in [-0.05, 0) is 24.5 Å². The van der Waals surface area contributed by atoms with Crippen LogP contribution in [0.25, 0.3) is 0 Å². The number of rotatable bonds is 4. The Morgan fingerprint density at radius 2 is 2.00 bits per heavy atom. The van der Waals surface area contributed by atoms with Crippen molar-refractivity contribution in [2.24, 2.45) is 5.73 Å². The molecule has 1 aliphatic rings. The number of halogens is 1. The van der Waals surface area contributed by atoms with Gasteiger partial charge in [0.15, 0.2) is 5.78 Å². The molecule has 4 heteroatoms. The van der Waals surface area contributed by atoms with Gasteiger partial charge in [0.25, 0.3) is 0 Å². The third-order valence-corrected chi connectivity index (χ3v) is 4.15. The SMILES string of the molecule is NC1CCN(CC(=O)Cc2ccccc2Br)CC1. The lowest BCUT2D eigenvalue weighted by Gasteiger charge is -2.29. The first kappa shape index (κ1) is 13.7. The fraction of sp³-hybridized carbons (Fsp3) is 0.500. The zero-order chi connectivity index (χ0) is 13.0. The van der Waals surface area contributed by atoms with Gasteiger partial charge in [0.1, 0.15) is 0 Å². The maximum Gasteiger partial charge on any atom is 0.151 e. The minimum atomic E-state index is 0.275. The Morgan fingerprint density at radius 1 is 1.33 bits per heavy atom. The van der Waals surface area contributed by atoms with Crippen molar-refractivity contribution in [3.05, 3.63) is 34.3 Å². The molecule has 0 radical (unpaired) electrons. The number of piperidine rings is 1. The average Bonchev–Trinajstić information content (AvgIpc) is 2.35.